The van der Waals surface area contributed by atoms with Gasteiger partial charge in [0.1, 0.15) is 0 Å². The van der Waals surface area contributed by atoms with Crippen LogP contribution in [0.3, 0.4) is 0 Å². The summed E-state index contributed by atoms with van der Waals surface area (Å²) in [6.07, 6.45) is 7.57. The second kappa shape index (κ2) is 4.76. The zero-order valence-corrected chi connectivity index (χ0v) is 12.5. The van der Waals surface area contributed by atoms with Crippen molar-refractivity contribution in [3.63, 3.8) is 0 Å². The quantitative estimate of drug-likeness (QED) is 0.923. The van der Waals surface area contributed by atoms with Gasteiger partial charge < -0.3 is 9.67 Å². The molecule has 0 aliphatic heterocycles. The van der Waals surface area contributed by atoms with E-state index in [4.69, 9.17) is 0 Å². The van der Waals surface area contributed by atoms with E-state index in [9.17, 15) is 5.11 Å². The van der Waals surface area contributed by atoms with E-state index in [2.05, 4.69) is 33.0 Å². The molecule has 19 heavy (non-hydrogen) atoms. The molecular formula is C15H17BrN2O. The normalized spacial score (nSPS) is 26.2. The van der Waals surface area contributed by atoms with Gasteiger partial charge in [0.2, 0.25) is 0 Å². The molecule has 1 heterocycles. The number of hydrogen-bond acceptors (Lipinski definition) is 2. The van der Waals surface area contributed by atoms with Crippen molar-refractivity contribution in [1.29, 1.82) is 0 Å². The van der Waals surface area contributed by atoms with Crippen LogP contribution in [0.15, 0.2) is 41.4 Å². The molecule has 1 aromatic carbocycles. The lowest BCUT2D eigenvalue weighted by atomic mass is 9.72. The van der Waals surface area contributed by atoms with Gasteiger partial charge in [-0.1, -0.05) is 22.0 Å². The summed E-state index contributed by atoms with van der Waals surface area (Å²) < 4.78 is 3.07. The Morgan fingerprint density at radius 1 is 1.53 bits per heavy atom. The van der Waals surface area contributed by atoms with Crippen molar-refractivity contribution in [3.8, 4) is 0 Å². The molecule has 1 aliphatic rings. The van der Waals surface area contributed by atoms with Crippen LogP contribution in [0.4, 0.5) is 0 Å². The van der Waals surface area contributed by atoms with Gasteiger partial charge in [0.25, 0.3) is 0 Å². The molecule has 100 valence electrons. The number of imidazole rings is 1. The highest BCUT2D eigenvalue weighted by molar-refractivity contribution is 9.10. The van der Waals surface area contributed by atoms with Crippen LogP contribution < -0.4 is 0 Å². The van der Waals surface area contributed by atoms with Crippen molar-refractivity contribution in [2.45, 2.75) is 31.9 Å². The minimum atomic E-state index is -0.790. The highest BCUT2D eigenvalue weighted by atomic mass is 79.9. The summed E-state index contributed by atoms with van der Waals surface area (Å²) in [5, 5.41) is 11.0. The second-order valence-corrected chi connectivity index (χ2v) is 6.36. The van der Waals surface area contributed by atoms with Crippen LogP contribution in [-0.4, -0.2) is 14.7 Å². The molecule has 3 rings (SSSR count). The molecule has 0 bridgehead atoms. The van der Waals surface area contributed by atoms with E-state index in [1.807, 2.05) is 30.1 Å². The van der Waals surface area contributed by atoms with Crippen molar-refractivity contribution < 1.29 is 5.11 Å². The van der Waals surface area contributed by atoms with Crippen LogP contribution in [0.1, 0.15) is 24.5 Å². The van der Waals surface area contributed by atoms with Crippen molar-refractivity contribution in [1.82, 2.24) is 9.55 Å². The Morgan fingerprint density at radius 3 is 3.11 bits per heavy atom. The molecule has 2 unspecified atom stereocenters. The average molecular weight is 321 g/mol. The number of halogens is 1. The van der Waals surface area contributed by atoms with Gasteiger partial charge >= 0.3 is 0 Å². The topological polar surface area (TPSA) is 38.0 Å². The highest BCUT2D eigenvalue weighted by Gasteiger charge is 2.38. The molecule has 2 atom stereocenters. The standard InChI is InChI=1S/C15H17BrN2O/c1-15(19)12(9-18-7-6-17-10-18)4-2-11-3-5-13(16)8-14(11)15/h3,5-8,10,12,19H,2,4,9H2,1H3. The van der Waals surface area contributed by atoms with Gasteiger partial charge in [-0.25, -0.2) is 4.98 Å². The van der Waals surface area contributed by atoms with Crippen LogP contribution in [0.25, 0.3) is 0 Å². The number of rotatable bonds is 2. The van der Waals surface area contributed by atoms with Crippen LogP contribution >= 0.6 is 15.9 Å². The first-order valence-electron chi connectivity index (χ1n) is 6.54. The first-order chi connectivity index (χ1) is 9.07. The van der Waals surface area contributed by atoms with E-state index < -0.39 is 5.60 Å². The number of fused-ring (bicyclic) bond motifs is 1. The zero-order chi connectivity index (χ0) is 13.5. The Labute approximate surface area is 121 Å². The molecule has 0 saturated carbocycles. The maximum absolute atomic E-state index is 11.0. The first-order valence-corrected chi connectivity index (χ1v) is 7.33. The number of aryl methyl sites for hydroxylation is 1. The molecule has 1 aromatic heterocycles. The fraction of sp³-hybridized carbons (Fsp3) is 0.400. The molecule has 0 spiro atoms. The highest BCUT2D eigenvalue weighted by Crippen LogP contribution is 2.41. The van der Waals surface area contributed by atoms with E-state index in [1.165, 1.54) is 5.56 Å². The first kappa shape index (κ1) is 12.9. The number of aliphatic hydroxyl groups is 1. The lowest BCUT2D eigenvalue weighted by Crippen LogP contribution is -2.39. The van der Waals surface area contributed by atoms with E-state index in [-0.39, 0.29) is 5.92 Å². The summed E-state index contributed by atoms with van der Waals surface area (Å²) >= 11 is 3.50. The zero-order valence-electron chi connectivity index (χ0n) is 10.9. The van der Waals surface area contributed by atoms with E-state index >= 15 is 0 Å². The number of hydrogen-bond donors (Lipinski definition) is 1. The van der Waals surface area contributed by atoms with Gasteiger partial charge in [-0.05, 0) is 43.0 Å². The maximum atomic E-state index is 11.0. The van der Waals surface area contributed by atoms with Crippen LogP contribution in [0, 0.1) is 5.92 Å². The Morgan fingerprint density at radius 2 is 2.37 bits per heavy atom. The molecule has 3 nitrogen and oxygen atoms in total. The van der Waals surface area contributed by atoms with Gasteiger partial charge in [-0.15, -0.1) is 0 Å². The Balaban J connectivity index is 1.93. The van der Waals surface area contributed by atoms with Gasteiger partial charge in [0.15, 0.2) is 0 Å². The van der Waals surface area contributed by atoms with Crippen molar-refractivity contribution in [2.24, 2.45) is 5.92 Å². The largest absolute Gasteiger partial charge is 0.385 e. The fourth-order valence-electron chi connectivity index (χ4n) is 2.99. The van der Waals surface area contributed by atoms with Crippen LogP contribution in [-0.2, 0) is 18.6 Å². The summed E-state index contributed by atoms with van der Waals surface area (Å²) in [5.41, 5.74) is 1.52. The summed E-state index contributed by atoms with van der Waals surface area (Å²) in [6.45, 7) is 2.73. The van der Waals surface area contributed by atoms with Crippen molar-refractivity contribution in [2.75, 3.05) is 0 Å². The molecule has 0 saturated heterocycles. The lowest BCUT2D eigenvalue weighted by molar-refractivity contribution is -0.0247. The Kier molecular flexibility index (Phi) is 3.23. The molecular weight excluding hydrogens is 304 g/mol. The van der Waals surface area contributed by atoms with Crippen LogP contribution in [0.2, 0.25) is 0 Å². The van der Waals surface area contributed by atoms with Gasteiger partial charge in [0, 0.05) is 29.3 Å². The monoisotopic (exact) mass is 320 g/mol. The average Bonchev–Trinajstić information content (AvgIpc) is 2.87. The molecule has 0 amide bonds. The van der Waals surface area contributed by atoms with Crippen molar-refractivity contribution in [3.05, 3.63) is 52.5 Å². The number of aromatic nitrogens is 2. The second-order valence-electron chi connectivity index (χ2n) is 5.44. The van der Waals surface area contributed by atoms with E-state index in [1.54, 1.807) is 6.20 Å². The lowest BCUT2D eigenvalue weighted by Gasteiger charge is -2.39. The van der Waals surface area contributed by atoms with Crippen molar-refractivity contribution >= 4 is 15.9 Å². The summed E-state index contributed by atoms with van der Waals surface area (Å²) in [5.74, 6) is 0.212. The summed E-state index contributed by atoms with van der Waals surface area (Å²) in [6, 6.07) is 6.21. The number of benzene rings is 1. The Hall–Kier alpha value is -1.13. The third-order valence-electron chi connectivity index (χ3n) is 4.16. The van der Waals surface area contributed by atoms with Gasteiger partial charge in [0.05, 0.1) is 11.9 Å². The predicted molar refractivity (Wildman–Crippen MR) is 77.8 cm³/mol. The predicted octanol–water partition coefficient (Wildman–Crippen LogP) is 3.12. The molecule has 2 aromatic rings. The summed E-state index contributed by atoms with van der Waals surface area (Å²) in [4.78, 5) is 4.07. The smallest absolute Gasteiger partial charge is 0.0946 e. The molecule has 0 fully saturated rings. The molecule has 1 aliphatic carbocycles. The third kappa shape index (κ3) is 2.35. The van der Waals surface area contributed by atoms with Gasteiger partial charge in [-0.3, -0.25) is 0 Å². The maximum Gasteiger partial charge on any atom is 0.0946 e. The van der Waals surface area contributed by atoms with E-state index in [0.717, 1.165) is 29.4 Å². The van der Waals surface area contributed by atoms with Gasteiger partial charge in [-0.2, -0.15) is 0 Å². The van der Waals surface area contributed by atoms with Crippen LogP contribution in [0.5, 0.6) is 0 Å². The summed E-state index contributed by atoms with van der Waals surface area (Å²) in [7, 11) is 0. The molecule has 0 radical (unpaired) electrons. The SMILES string of the molecule is CC1(O)c2cc(Br)ccc2CCC1Cn1ccnc1. The number of nitrogens with zero attached hydrogens (tertiary/aromatic N) is 2. The Bertz CT molecular complexity index is 578. The minimum Gasteiger partial charge on any atom is -0.385 e. The van der Waals surface area contributed by atoms with E-state index in [0.29, 0.717) is 0 Å². The minimum absolute atomic E-state index is 0.212. The molecule has 4 heteroatoms. The fourth-order valence-corrected chi connectivity index (χ4v) is 3.35. The molecule has 1 N–H and O–H groups in total. The third-order valence-corrected chi connectivity index (χ3v) is 4.66.